The highest BCUT2D eigenvalue weighted by Crippen LogP contribution is 2.28. The molecule has 1 heterocycles. The molecule has 0 radical (unpaired) electrons. The molecule has 0 aliphatic carbocycles. The molecule has 0 spiro atoms. The number of hydrogen-bond acceptors (Lipinski definition) is 2. The number of rotatable bonds is 2. The zero-order valence-corrected chi connectivity index (χ0v) is 10.9. The molecule has 1 atom stereocenters. The Morgan fingerprint density at radius 1 is 1.39 bits per heavy atom. The van der Waals surface area contributed by atoms with Crippen molar-refractivity contribution in [2.24, 2.45) is 11.1 Å². The van der Waals surface area contributed by atoms with Crippen LogP contribution in [0.15, 0.2) is 18.2 Å². The van der Waals surface area contributed by atoms with Crippen molar-refractivity contribution in [3.8, 4) is 0 Å². The Bertz CT molecular complexity index is 432. The topological polar surface area (TPSA) is 29.3 Å². The highest BCUT2D eigenvalue weighted by molar-refractivity contribution is 5.18. The number of piperidine rings is 1. The summed E-state index contributed by atoms with van der Waals surface area (Å²) in [5.41, 5.74) is 6.65. The smallest absolute Gasteiger partial charge is 0.130 e. The molecule has 0 bridgehead atoms. The number of likely N-dealkylation sites (tertiary alicyclic amines) is 1. The molecule has 4 heteroatoms. The van der Waals surface area contributed by atoms with Crippen LogP contribution in [0.5, 0.6) is 0 Å². The SMILES string of the molecule is CC1(C)CN(Cc2ccc(F)cc2F)CCC1N. The largest absolute Gasteiger partial charge is 0.327 e. The minimum Gasteiger partial charge on any atom is -0.327 e. The molecule has 1 aromatic carbocycles. The minimum atomic E-state index is -0.530. The number of halogens is 2. The maximum absolute atomic E-state index is 13.6. The van der Waals surface area contributed by atoms with Gasteiger partial charge in [-0.15, -0.1) is 0 Å². The first-order chi connectivity index (χ1) is 8.38. The van der Waals surface area contributed by atoms with E-state index in [0.29, 0.717) is 12.1 Å². The van der Waals surface area contributed by atoms with Gasteiger partial charge in [-0.1, -0.05) is 19.9 Å². The van der Waals surface area contributed by atoms with Crippen LogP contribution in [0.2, 0.25) is 0 Å². The van der Waals surface area contributed by atoms with E-state index in [1.807, 2.05) is 0 Å². The third kappa shape index (κ3) is 2.87. The highest BCUT2D eigenvalue weighted by atomic mass is 19.1. The fraction of sp³-hybridized carbons (Fsp3) is 0.571. The number of nitrogens with zero attached hydrogens (tertiary/aromatic N) is 1. The Morgan fingerprint density at radius 2 is 2.11 bits per heavy atom. The molecular formula is C14H20F2N2. The van der Waals surface area contributed by atoms with E-state index in [-0.39, 0.29) is 11.5 Å². The molecule has 2 nitrogen and oxygen atoms in total. The summed E-state index contributed by atoms with van der Waals surface area (Å²) in [6, 6.07) is 3.95. The number of hydrogen-bond donors (Lipinski definition) is 1. The van der Waals surface area contributed by atoms with Crippen molar-refractivity contribution in [1.29, 1.82) is 0 Å². The van der Waals surface area contributed by atoms with Gasteiger partial charge in [-0.2, -0.15) is 0 Å². The molecule has 18 heavy (non-hydrogen) atoms. The molecule has 1 aliphatic rings. The van der Waals surface area contributed by atoms with E-state index in [1.165, 1.54) is 12.1 Å². The Kier molecular flexibility index (Phi) is 3.69. The van der Waals surface area contributed by atoms with E-state index in [4.69, 9.17) is 5.73 Å². The summed E-state index contributed by atoms with van der Waals surface area (Å²) in [7, 11) is 0. The van der Waals surface area contributed by atoms with E-state index in [1.54, 1.807) is 0 Å². The van der Waals surface area contributed by atoms with E-state index < -0.39 is 11.6 Å². The Hall–Kier alpha value is -1.00. The van der Waals surface area contributed by atoms with Crippen LogP contribution in [0.25, 0.3) is 0 Å². The Morgan fingerprint density at radius 3 is 2.72 bits per heavy atom. The maximum atomic E-state index is 13.6. The van der Waals surface area contributed by atoms with Gasteiger partial charge in [-0.3, -0.25) is 4.90 Å². The van der Waals surface area contributed by atoms with Crippen molar-refractivity contribution in [2.45, 2.75) is 32.9 Å². The normalized spacial score (nSPS) is 24.2. The fourth-order valence-corrected chi connectivity index (χ4v) is 2.51. The number of nitrogens with two attached hydrogens (primary N) is 1. The molecule has 1 saturated heterocycles. The van der Waals surface area contributed by atoms with Gasteiger partial charge in [0.25, 0.3) is 0 Å². The summed E-state index contributed by atoms with van der Waals surface area (Å²) in [5.74, 6) is -1.00. The average molecular weight is 254 g/mol. The van der Waals surface area contributed by atoms with Gasteiger partial charge in [0.05, 0.1) is 0 Å². The standard InChI is InChI=1S/C14H20F2N2/c1-14(2)9-18(6-5-13(14)17)8-10-3-4-11(15)7-12(10)16/h3-4,7,13H,5-6,8-9,17H2,1-2H3. The van der Waals surface area contributed by atoms with Crippen molar-refractivity contribution < 1.29 is 8.78 Å². The van der Waals surface area contributed by atoms with E-state index in [2.05, 4.69) is 18.7 Å². The van der Waals surface area contributed by atoms with Crippen molar-refractivity contribution in [3.63, 3.8) is 0 Å². The summed E-state index contributed by atoms with van der Waals surface area (Å²) in [5, 5.41) is 0. The van der Waals surface area contributed by atoms with Gasteiger partial charge in [0.1, 0.15) is 11.6 Å². The van der Waals surface area contributed by atoms with Gasteiger partial charge < -0.3 is 5.73 Å². The summed E-state index contributed by atoms with van der Waals surface area (Å²) >= 11 is 0. The highest BCUT2D eigenvalue weighted by Gasteiger charge is 2.33. The summed E-state index contributed by atoms with van der Waals surface area (Å²) < 4.78 is 26.4. The van der Waals surface area contributed by atoms with Crippen LogP contribution < -0.4 is 5.73 Å². The lowest BCUT2D eigenvalue weighted by atomic mass is 9.79. The molecule has 1 aliphatic heterocycles. The second-order valence-electron chi connectivity index (χ2n) is 5.83. The van der Waals surface area contributed by atoms with E-state index >= 15 is 0 Å². The van der Waals surface area contributed by atoms with Crippen LogP contribution >= 0.6 is 0 Å². The first-order valence-corrected chi connectivity index (χ1v) is 6.30. The van der Waals surface area contributed by atoms with Gasteiger partial charge in [0.15, 0.2) is 0 Å². The third-order valence-corrected chi connectivity index (χ3v) is 3.80. The lowest BCUT2D eigenvalue weighted by Gasteiger charge is -2.42. The quantitative estimate of drug-likeness (QED) is 0.878. The minimum absolute atomic E-state index is 0.0365. The van der Waals surface area contributed by atoms with Gasteiger partial charge in [-0.25, -0.2) is 8.78 Å². The van der Waals surface area contributed by atoms with Crippen LogP contribution in [0.4, 0.5) is 8.78 Å². The van der Waals surface area contributed by atoms with Gasteiger partial charge in [0.2, 0.25) is 0 Å². The summed E-state index contributed by atoms with van der Waals surface area (Å²) in [4.78, 5) is 2.18. The van der Waals surface area contributed by atoms with Crippen molar-refractivity contribution in [1.82, 2.24) is 4.90 Å². The van der Waals surface area contributed by atoms with Crippen molar-refractivity contribution in [3.05, 3.63) is 35.4 Å². The van der Waals surface area contributed by atoms with Gasteiger partial charge in [-0.05, 0) is 17.9 Å². The molecule has 0 saturated carbocycles. The van der Waals surface area contributed by atoms with Crippen LogP contribution in [0.3, 0.4) is 0 Å². The van der Waals surface area contributed by atoms with Crippen LogP contribution in [-0.2, 0) is 6.54 Å². The second kappa shape index (κ2) is 4.94. The Balaban J connectivity index is 2.06. The molecule has 2 N–H and O–H groups in total. The Labute approximate surface area is 107 Å². The monoisotopic (exact) mass is 254 g/mol. The van der Waals surface area contributed by atoms with Gasteiger partial charge in [0, 0.05) is 37.3 Å². The van der Waals surface area contributed by atoms with E-state index in [0.717, 1.165) is 25.6 Å². The molecule has 1 fully saturated rings. The first-order valence-electron chi connectivity index (χ1n) is 6.30. The number of benzene rings is 1. The van der Waals surface area contributed by atoms with Gasteiger partial charge >= 0.3 is 0 Å². The molecular weight excluding hydrogens is 234 g/mol. The molecule has 1 unspecified atom stereocenters. The zero-order valence-electron chi connectivity index (χ0n) is 10.9. The predicted octanol–water partition coefficient (Wildman–Crippen LogP) is 2.52. The fourth-order valence-electron chi connectivity index (χ4n) is 2.51. The molecule has 100 valence electrons. The summed E-state index contributed by atoms with van der Waals surface area (Å²) in [6.45, 7) is 6.48. The van der Waals surface area contributed by atoms with Crippen molar-refractivity contribution in [2.75, 3.05) is 13.1 Å². The van der Waals surface area contributed by atoms with Crippen molar-refractivity contribution >= 4 is 0 Å². The van der Waals surface area contributed by atoms with E-state index in [9.17, 15) is 8.78 Å². The van der Waals surface area contributed by atoms with Crippen LogP contribution in [-0.4, -0.2) is 24.0 Å². The average Bonchev–Trinajstić information content (AvgIpc) is 2.27. The molecule has 0 amide bonds. The predicted molar refractivity (Wildman–Crippen MR) is 68.0 cm³/mol. The summed E-state index contributed by atoms with van der Waals surface area (Å²) in [6.07, 6.45) is 0.913. The van der Waals surface area contributed by atoms with Crippen LogP contribution in [0.1, 0.15) is 25.8 Å². The lowest BCUT2D eigenvalue weighted by Crippen LogP contribution is -2.52. The van der Waals surface area contributed by atoms with Crippen LogP contribution in [0, 0.1) is 17.0 Å². The third-order valence-electron chi connectivity index (χ3n) is 3.80. The molecule has 1 aromatic rings. The molecule has 0 aromatic heterocycles. The lowest BCUT2D eigenvalue weighted by molar-refractivity contribution is 0.0890. The zero-order chi connectivity index (χ0) is 13.3. The second-order valence-corrected chi connectivity index (χ2v) is 5.83. The molecule has 2 rings (SSSR count). The maximum Gasteiger partial charge on any atom is 0.130 e. The first kappa shape index (κ1) is 13.4.